The molecule has 2 fully saturated rings. The normalized spacial score (nSPS) is 19.5. The van der Waals surface area contributed by atoms with E-state index < -0.39 is 28.9 Å². The summed E-state index contributed by atoms with van der Waals surface area (Å²) in [6.07, 6.45) is 5.77. The van der Waals surface area contributed by atoms with Gasteiger partial charge in [-0.1, -0.05) is 93.4 Å². The second-order valence-corrected chi connectivity index (χ2v) is 14.3. The van der Waals surface area contributed by atoms with Gasteiger partial charge in [0.1, 0.15) is 11.4 Å². The van der Waals surface area contributed by atoms with Crippen LogP contribution in [0.3, 0.4) is 0 Å². The minimum Gasteiger partial charge on any atom is -0.440 e. The zero-order chi connectivity index (χ0) is 31.7. The number of halogens is 2. The number of benzene rings is 2. The molecule has 0 radical (unpaired) electrons. The van der Waals surface area contributed by atoms with Crippen LogP contribution in [0.4, 0.5) is 4.79 Å². The maximum absolute atomic E-state index is 13.5. The van der Waals surface area contributed by atoms with Gasteiger partial charge in [-0.3, -0.25) is 14.3 Å². The average Bonchev–Trinajstić information content (AvgIpc) is 3.42. The predicted octanol–water partition coefficient (Wildman–Crippen LogP) is 6.73. The van der Waals surface area contributed by atoms with E-state index in [0.29, 0.717) is 41.8 Å². The summed E-state index contributed by atoms with van der Waals surface area (Å²) in [6, 6.07) is 14.1. The summed E-state index contributed by atoms with van der Waals surface area (Å²) >= 11 is 13.5. The molecule has 4 rings (SSSR count). The Morgan fingerprint density at radius 3 is 2.41 bits per heavy atom. The molecule has 8 nitrogen and oxygen atoms in total. The minimum atomic E-state index is -0.694. The van der Waals surface area contributed by atoms with Crippen LogP contribution in [0.1, 0.15) is 82.4 Å². The van der Waals surface area contributed by atoms with Crippen molar-refractivity contribution in [3.63, 3.8) is 0 Å². The smallest absolute Gasteiger partial charge is 0.417 e. The summed E-state index contributed by atoms with van der Waals surface area (Å²) in [6.45, 7) is 4.30. The topological polar surface area (TPSA) is 117 Å². The molecule has 44 heavy (non-hydrogen) atoms. The number of carbonyl (C=O) groups is 3. The van der Waals surface area contributed by atoms with Gasteiger partial charge in [0.25, 0.3) is 0 Å². The first-order valence-corrected chi connectivity index (χ1v) is 17.0. The van der Waals surface area contributed by atoms with E-state index in [1.165, 1.54) is 6.42 Å². The number of rotatable bonds is 13. The third-order valence-corrected chi connectivity index (χ3v) is 10.2. The average molecular weight is 665 g/mol. The molecule has 1 heterocycles. The number of aliphatic hydroxyl groups is 1. The molecule has 1 saturated heterocycles. The first-order chi connectivity index (χ1) is 21.1. The predicted molar refractivity (Wildman–Crippen MR) is 176 cm³/mol. The van der Waals surface area contributed by atoms with E-state index in [-0.39, 0.29) is 24.3 Å². The molecule has 11 heteroatoms. The highest BCUT2D eigenvalue weighted by Crippen LogP contribution is 2.41. The molecule has 0 spiro atoms. The van der Waals surface area contributed by atoms with Crippen LogP contribution >= 0.6 is 35.1 Å². The Morgan fingerprint density at radius 1 is 1.05 bits per heavy atom. The van der Waals surface area contributed by atoms with E-state index in [0.717, 1.165) is 48.8 Å². The van der Waals surface area contributed by atoms with Gasteiger partial charge in [0.2, 0.25) is 11.8 Å². The Hall–Kier alpha value is -2.46. The third-order valence-electron chi connectivity index (χ3n) is 8.77. The van der Waals surface area contributed by atoms with Crippen molar-refractivity contribution in [3.05, 3.63) is 69.7 Å². The van der Waals surface area contributed by atoms with E-state index >= 15 is 0 Å². The molecule has 240 valence electrons. The molecule has 0 bridgehead atoms. The molecular formula is C33H43Cl2N3O5S. The zero-order valence-corrected chi connectivity index (χ0v) is 27.6. The van der Waals surface area contributed by atoms with Crippen LogP contribution in [-0.2, 0) is 19.7 Å². The van der Waals surface area contributed by atoms with Crippen LogP contribution in [0.25, 0.3) is 0 Å². The summed E-state index contributed by atoms with van der Waals surface area (Å²) < 4.78 is 8.87. The lowest BCUT2D eigenvalue weighted by atomic mass is 9.76. The second-order valence-electron chi connectivity index (χ2n) is 12.4. The second kappa shape index (κ2) is 16.2. The minimum absolute atomic E-state index is 0.0498. The lowest BCUT2D eigenvalue weighted by Crippen LogP contribution is -2.45. The fourth-order valence-electron chi connectivity index (χ4n) is 6.18. The monoisotopic (exact) mass is 663 g/mol. The fraction of sp³-hybridized carbons (Fsp3) is 0.545. The number of ether oxygens (including phenoxy) is 1. The lowest BCUT2D eigenvalue weighted by molar-refractivity contribution is -0.125. The fourth-order valence-corrected chi connectivity index (χ4v) is 7.33. The van der Waals surface area contributed by atoms with Gasteiger partial charge in [0.05, 0.1) is 12.6 Å². The standard InChI is InChI=1S/C33H43Cl2N3O5S/c1-33(2,24-9-6-10-26(35)19-24)29(22-11-13-25(34)14-12-22)43-32(42)38-44-28(17-21-7-4-3-5-8-21)31(41)37-27(20-39)18-23-15-16-36-30(23)40/h6,9-14,19,21,23,27-29,39H,3-5,7-8,15-18,20H2,1-2H3,(H,36,40)(H,37,41)(H,38,42)/t23-,27-,28-,29?/m0/s1. The zero-order valence-electron chi connectivity index (χ0n) is 25.3. The molecule has 1 aliphatic carbocycles. The Morgan fingerprint density at radius 2 is 1.77 bits per heavy atom. The number of hydrogen-bond acceptors (Lipinski definition) is 6. The first kappa shape index (κ1) is 34.4. The molecule has 2 aromatic rings. The van der Waals surface area contributed by atoms with E-state index in [2.05, 4.69) is 15.4 Å². The molecular weight excluding hydrogens is 621 g/mol. The highest BCUT2D eigenvalue weighted by atomic mass is 35.5. The Balaban J connectivity index is 1.47. The highest BCUT2D eigenvalue weighted by Gasteiger charge is 2.37. The molecule has 1 saturated carbocycles. The van der Waals surface area contributed by atoms with Gasteiger partial charge in [0, 0.05) is 27.9 Å². The van der Waals surface area contributed by atoms with Crippen molar-refractivity contribution >= 4 is 53.1 Å². The quantitative estimate of drug-likeness (QED) is 0.177. The summed E-state index contributed by atoms with van der Waals surface area (Å²) in [5, 5.41) is 16.3. The van der Waals surface area contributed by atoms with Gasteiger partial charge in [-0.2, -0.15) is 0 Å². The van der Waals surface area contributed by atoms with Gasteiger partial charge < -0.3 is 20.5 Å². The maximum Gasteiger partial charge on any atom is 0.417 e. The SMILES string of the molecule is CC(C)(c1cccc(Cl)c1)C(OC(=O)NS[C@@H](CC1CCCCC1)C(=O)N[C@H](CO)C[C@@H]1CCNC1=O)c1ccc(Cl)cc1. The first-order valence-electron chi connectivity index (χ1n) is 15.4. The van der Waals surface area contributed by atoms with E-state index in [4.69, 9.17) is 27.9 Å². The van der Waals surface area contributed by atoms with Crippen molar-refractivity contribution in [1.82, 2.24) is 15.4 Å². The van der Waals surface area contributed by atoms with Crippen molar-refractivity contribution in [2.75, 3.05) is 13.2 Å². The number of aliphatic hydroxyl groups excluding tert-OH is 1. The molecule has 2 aromatic carbocycles. The number of carbonyl (C=O) groups excluding carboxylic acids is 3. The Kier molecular flexibility index (Phi) is 12.7. The molecule has 1 aliphatic heterocycles. The number of nitrogens with one attached hydrogen (secondary N) is 3. The summed E-state index contributed by atoms with van der Waals surface area (Å²) in [7, 11) is 0. The molecule has 4 N–H and O–H groups in total. The van der Waals surface area contributed by atoms with Crippen molar-refractivity contribution in [3.8, 4) is 0 Å². The molecule has 2 aliphatic rings. The number of amides is 3. The molecule has 0 aromatic heterocycles. The van der Waals surface area contributed by atoms with Crippen molar-refractivity contribution in [2.45, 2.75) is 88.0 Å². The van der Waals surface area contributed by atoms with Gasteiger partial charge in [-0.05, 0) is 72.5 Å². The summed E-state index contributed by atoms with van der Waals surface area (Å²) in [5.41, 5.74) is 0.990. The highest BCUT2D eigenvalue weighted by molar-refractivity contribution is 7.99. The van der Waals surface area contributed by atoms with Crippen molar-refractivity contribution in [1.29, 1.82) is 0 Å². The van der Waals surface area contributed by atoms with Gasteiger partial charge >= 0.3 is 6.09 Å². The Bertz CT molecular complexity index is 1270. The van der Waals surface area contributed by atoms with Crippen LogP contribution in [0.5, 0.6) is 0 Å². The molecule has 3 amide bonds. The van der Waals surface area contributed by atoms with E-state index in [1.807, 2.05) is 44.2 Å². The third kappa shape index (κ3) is 9.52. The largest absolute Gasteiger partial charge is 0.440 e. The molecule has 1 unspecified atom stereocenters. The lowest BCUT2D eigenvalue weighted by Gasteiger charge is -2.35. The van der Waals surface area contributed by atoms with Gasteiger partial charge in [-0.25, -0.2) is 4.79 Å². The van der Waals surface area contributed by atoms with Crippen LogP contribution in [0.15, 0.2) is 48.5 Å². The summed E-state index contributed by atoms with van der Waals surface area (Å²) in [4.78, 5) is 39.0. The van der Waals surface area contributed by atoms with Crippen LogP contribution in [0.2, 0.25) is 10.0 Å². The van der Waals surface area contributed by atoms with E-state index in [1.54, 1.807) is 18.2 Å². The van der Waals surface area contributed by atoms with Gasteiger partial charge in [-0.15, -0.1) is 0 Å². The Labute approximate surface area is 274 Å². The van der Waals surface area contributed by atoms with Crippen LogP contribution in [0, 0.1) is 11.8 Å². The molecule has 4 atom stereocenters. The maximum atomic E-state index is 13.5. The number of hydrogen-bond donors (Lipinski definition) is 4. The van der Waals surface area contributed by atoms with E-state index in [9.17, 15) is 19.5 Å². The van der Waals surface area contributed by atoms with Crippen LogP contribution < -0.4 is 15.4 Å². The van der Waals surface area contributed by atoms with Gasteiger partial charge in [0.15, 0.2) is 0 Å². The van der Waals surface area contributed by atoms with Crippen molar-refractivity contribution < 1.29 is 24.2 Å². The van der Waals surface area contributed by atoms with Crippen molar-refractivity contribution in [2.24, 2.45) is 11.8 Å². The summed E-state index contributed by atoms with van der Waals surface area (Å²) in [5.74, 6) is -0.197. The van der Waals surface area contributed by atoms with Crippen LogP contribution in [-0.4, -0.2) is 47.5 Å².